The number of carbonyl (C=O) groups excluding carboxylic acids is 4. The fraction of sp³-hybridized carbons (Fsp3) is 0.238. The number of hydrogen-bond acceptors (Lipinski definition) is 6. The first-order valence-electron chi connectivity index (χ1n) is 9.01. The van der Waals surface area contributed by atoms with Gasteiger partial charge < -0.3 is 20.1 Å². The maximum atomic E-state index is 12.3. The van der Waals surface area contributed by atoms with Gasteiger partial charge in [-0.2, -0.15) is 0 Å². The van der Waals surface area contributed by atoms with Crippen molar-refractivity contribution in [2.45, 2.75) is 32.5 Å². The Morgan fingerprint density at radius 3 is 2.69 bits per heavy atom. The van der Waals surface area contributed by atoms with Crippen molar-refractivity contribution >= 4 is 34.9 Å². The van der Waals surface area contributed by atoms with E-state index in [1.807, 2.05) is 0 Å². The van der Waals surface area contributed by atoms with Crippen molar-refractivity contribution in [2.75, 3.05) is 10.6 Å². The van der Waals surface area contributed by atoms with Gasteiger partial charge in [0.15, 0.2) is 18.0 Å². The summed E-state index contributed by atoms with van der Waals surface area (Å²) in [6, 6.07) is 13.3. The van der Waals surface area contributed by atoms with E-state index in [0.29, 0.717) is 22.7 Å². The lowest BCUT2D eigenvalue weighted by Crippen LogP contribution is -2.40. The summed E-state index contributed by atoms with van der Waals surface area (Å²) in [6.45, 7) is 2.84. The molecule has 1 aliphatic heterocycles. The molecule has 2 N–H and O–H groups in total. The summed E-state index contributed by atoms with van der Waals surface area (Å²) in [4.78, 5) is 48.0. The molecule has 2 aromatic rings. The van der Waals surface area contributed by atoms with Crippen LogP contribution in [0.2, 0.25) is 0 Å². The number of ketones is 1. The molecule has 3 rings (SSSR count). The molecule has 29 heavy (non-hydrogen) atoms. The standard InChI is InChI=1S/C21H20N2O6/c1-12(24)14-6-5-7-15(10-14)22-20(26)13(2)28-19(25)11-18-21(27)23-16-8-3-4-9-17(16)29-18/h3-10,13,18H,11H2,1-2H3,(H,22,26)(H,23,27)/t13-,18+/m0/s1. The quantitative estimate of drug-likeness (QED) is 0.573. The van der Waals surface area contributed by atoms with Gasteiger partial charge in [-0.3, -0.25) is 19.2 Å². The highest BCUT2D eigenvalue weighted by molar-refractivity contribution is 6.00. The van der Waals surface area contributed by atoms with Gasteiger partial charge in [0, 0.05) is 11.3 Å². The molecule has 0 saturated heterocycles. The van der Waals surface area contributed by atoms with Crippen LogP contribution in [-0.2, 0) is 19.1 Å². The molecule has 0 aliphatic carbocycles. The summed E-state index contributed by atoms with van der Waals surface area (Å²) < 4.78 is 10.7. The summed E-state index contributed by atoms with van der Waals surface area (Å²) in [5, 5.41) is 5.25. The zero-order chi connectivity index (χ0) is 21.0. The third-order valence-corrected chi connectivity index (χ3v) is 4.27. The minimum atomic E-state index is -1.09. The molecule has 0 aromatic heterocycles. The number of benzene rings is 2. The zero-order valence-corrected chi connectivity index (χ0v) is 15.9. The van der Waals surface area contributed by atoms with E-state index >= 15 is 0 Å². The van der Waals surface area contributed by atoms with Crippen molar-refractivity contribution < 1.29 is 28.7 Å². The molecule has 0 unspecified atom stereocenters. The van der Waals surface area contributed by atoms with E-state index in [-0.39, 0.29) is 12.2 Å². The lowest BCUT2D eigenvalue weighted by Gasteiger charge is -2.25. The summed E-state index contributed by atoms with van der Waals surface area (Å²) in [5.41, 5.74) is 1.40. The van der Waals surface area contributed by atoms with Gasteiger partial charge in [-0.1, -0.05) is 24.3 Å². The van der Waals surface area contributed by atoms with Crippen LogP contribution in [0.1, 0.15) is 30.6 Å². The van der Waals surface area contributed by atoms with Crippen LogP contribution in [-0.4, -0.2) is 35.8 Å². The number of anilines is 2. The summed E-state index contributed by atoms with van der Waals surface area (Å²) in [6.07, 6.45) is -2.47. The monoisotopic (exact) mass is 396 g/mol. The molecule has 0 spiro atoms. The number of fused-ring (bicyclic) bond motifs is 1. The minimum Gasteiger partial charge on any atom is -0.478 e. The SMILES string of the molecule is CC(=O)c1cccc(NC(=O)[C@H](C)OC(=O)C[C@H]2Oc3ccccc3NC2=O)c1. The van der Waals surface area contributed by atoms with E-state index in [1.54, 1.807) is 42.5 Å². The molecule has 1 aliphatic rings. The predicted molar refractivity (Wildman–Crippen MR) is 105 cm³/mol. The van der Waals surface area contributed by atoms with E-state index in [4.69, 9.17) is 9.47 Å². The second kappa shape index (κ2) is 8.55. The third kappa shape index (κ3) is 4.98. The maximum absolute atomic E-state index is 12.3. The first kappa shape index (κ1) is 20.1. The van der Waals surface area contributed by atoms with Crippen molar-refractivity contribution in [1.82, 2.24) is 0 Å². The summed E-state index contributed by atoms with van der Waals surface area (Å²) in [5.74, 6) is -1.43. The number of nitrogens with one attached hydrogen (secondary N) is 2. The normalized spacial score (nSPS) is 15.9. The Morgan fingerprint density at radius 2 is 1.93 bits per heavy atom. The van der Waals surface area contributed by atoms with Crippen LogP contribution < -0.4 is 15.4 Å². The maximum Gasteiger partial charge on any atom is 0.310 e. The van der Waals surface area contributed by atoms with E-state index in [9.17, 15) is 19.2 Å². The van der Waals surface area contributed by atoms with E-state index in [0.717, 1.165) is 0 Å². The number of Topliss-reactive ketones (excluding diaryl/α,β-unsaturated/α-hetero) is 1. The van der Waals surface area contributed by atoms with Crippen LogP contribution in [0.25, 0.3) is 0 Å². The Kier molecular flexibility index (Phi) is 5.92. The van der Waals surface area contributed by atoms with Crippen LogP contribution in [0, 0.1) is 0 Å². The fourth-order valence-corrected chi connectivity index (χ4v) is 2.74. The third-order valence-electron chi connectivity index (χ3n) is 4.27. The molecule has 0 bridgehead atoms. The molecule has 2 aromatic carbocycles. The van der Waals surface area contributed by atoms with E-state index in [1.165, 1.54) is 19.9 Å². The molecule has 150 valence electrons. The average Bonchev–Trinajstić information content (AvgIpc) is 2.68. The second-order valence-corrected chi connectivity index (χ2v) is 6.55. The Labute approximate surface area is 167 Å². The van der Waals surface area contributed by atoms with Crippen molar-refractivity contribution in [3.05, 3.63) is 54.1 Å². The second-order valence-electron chi connectivity index (χ2n) is 6.55. The van der Waals surface area contributed by atoms with Gasteiger partial charge in [-0.15, -0.1) is 0 Å². The molecule has 0 saturated carbocycles. The number of ether oxygens (including phenoxy) is 2. The Bertz CT molecular complexity index is 971. The molecule has 1 heterocycles. The predicted octanol–water partition coefficient (Wildman–Crippen LogP) is 2.55. The lowest BCUT2D eigenvalue weighted by atomic mass is 10.1. The van der Waals surface area contributed by atoms with Gasteiger partial charge in [0.05, 0.1) is 12.1 Å². The van der Waals surface area contributed by atoms with Crippen molar-refractivity contribution in [3.8, 4) is 5.75 Å². The summed E-state index contributed by atoms with van der Waals surface area (Å²) >= 11 is 0. The Balaban J connectivity index is 1.55. The molecule has 2 amide bonds. The van der Waals surface area contributed by atoms with Crippen molar-refractivity contribution in [2.24, 2.45) is 0 Å². The van der Waals surface area contributed by atoms with Crippen molar-refractivity contribution in [3.63, 3.8) is 0 Å². The topological polar surface area (TPSA) is 111 Å². The molecule has 2 atom stereocenters. The number of esters is 1. The van der Waals surface area contributed by atoms with Crippen LogP contribution in [0.4, 0.5) is 11.4 Å². The van der Waals surface area contributed by atoms with Gasteiger partial charge >= 0.3 is 5.97 Å². The van der Waals surface area contributed by atoms with Crippen LogP contribution >= 0.6 is 0 Å². The number of hydrogen-bond donors (Lipinski definition) is 2. The number of carbonyl (C=O) groups is 4. The van der Waals surface area contributed by atoms with Gasteiger partial charge in [-0.05, 0) is 38.1 Å². The van der Waals surface area contributed by atoms with Gasteiger partial charge in [0.25, 0.3) is 11.8 Å². The van der Waals surface area contributed by atoms with E-state index in [2.05, 4.69) is 10.6 Å². The molecule has 0 radical (unpaired) electrons. The summed E-state index contributed by atoms with van der Waals surface area (Å²) in [7, 11) is 0. The highest BCUT2D eigenvalue weighted by atomic mass is 16.6. The lowest BCUT2D eigenvalue weighted by molar-refractivity contribution is -0.155. The number of rotatable bonds is 6. The average molecular weight is 396 g/mol. The Morgan fingerprint density at radius 1 is 1.17 bits per heavy atom. The molecule has 0 fully saturated rings. The van der Waals surface area contributed by atoms with Crippen LogP contribution in [0.3, 0.4) is 0 Å². The van der Waals surface area contributed by atoms with E-state index < -0.39 is 30.0 Å². The van der Waals surface area contributed by atoms with Crippen LogP contribution in [0.15, 0.2) is 48.5 Å². The van der Waals surface area contributed by atoms with Gasteiger partial charge in [-0.25, -0.2) is 0 Å². The molecule has 8 nitrogen and oxygen atoms in total. The smallest absolute Gasteiger partial charge is 0.310 e. The molecular formula is C21H20N2O6. The first-order valence-corrected chi connectivity index (χ1v) is 9.01. The molecular weight excluding hydrogens is 376 g/mol. The van der Waals surface area contributed by atoms with Gasteiger partial charge in [0.1, 0.15) is 5.75 Å². The molecule has 8 heteroatoms. The van der Waals surface area contributed by atoms with Gasteiger partial charge in [0.2, 0.25) is 0 Å². The first-order chi connectivity index (χ1) is 13.8. The highest BCUT2D eigenvalue weighted by Crippen LogP contribution is 2.29. The van der Waals surface area contributed by atoms with Crippen LogP contribution in [0.5, 0.6) is 5.75 Å². The minimum absolute atomic E-state index is 0.132. The largest absolute Gasteiger partial charge is 0.478 e. The zero-order valence-electron chi connectivity index (χ0n) is 15.9. The van der Waals surface area contributed by atoms with Crippen molar-refractivity contribution in [1.29, 1.82) is 0 Å². The number of para-hydroxylation sites is 2. The Hall–Kier alpha value is -3.68. The fourth-order valence-electron chi connectivity index (χ4n) is 2.74. The number of amides is 2. The highest BCUT2D eigenvalue weighted by Gasteiger charge is 2.31.